The lowest BCUT2D eigenvalue weighted by Crippen LogP contribution is -2.20. The van der Waals surface area contributed by atoms with Gasteiger partial charge >= 0.3 is 0 Å². The molecule has 4 nitrogen and oxygen atoms in total. The van der Waals surface area contributed by atoms with Gasteiger partial charge in [0.15, 0.2) is 0 Å². The molecule has 3 aromatic carbocycles. The van der Waals surface area contributed by atoms with Crippen molar-refractivity contribution >= 4 is 22.4 Å². The molecule has 0 saturated heterocycles. The van der Waals surface area contributed by atoms with Crippen LogP contribution < -0.4 is 5.43 Å². The summed E-state index contributed by atoms with van der Waals surface area (Å²) in [4.78, 5) is 12.5. The third-order valence-corrected chi connectivity index (χ3v) is 3.86. The molecule has 3 aromatic rings. The maximum atomic E-state index is 12.5. The predicted octanol–water partition coefficient (Wildman–Crippen LogP) is 4.09. The highest BCUT2D eigenvalue weighted by molar-refractivity contribution is 6.08. The summed E-state index contributed by atoms with van der Waals surface area (Å²) in [6, 6.07) is 20.2. The van der Waals surface area contributed by atoms with E-state index in [4.69, 9.17) is 0 Å². The molecule has 1 amide bonds. The zero-order chi connectivity index (χ0) is 16.9. The minimum Gasteiger partial charge on any atom is -0.508 e. The fraction of sp³-hybridized carbons (Fsp3) is 0.100. The highest BCUT2D eigenvalue weighted by Crippen LogP contribution is 2.18. The van der Waals surface area contributed by atoms with Gasteiger partial charge in [0.2, 0.25) is 0 Å². The lowest BCUT2D eigenvalue weighted by Gasteiger charge is -2.07. The number of aromatic hydroxyl groups is 1. The van der Waals surface area contributed by atoms with Crippen LogP contribution in [0.3, 0.4) is 0 Å². The number of phenolic OH excluding ortho intramolecular Hbond substituents is 1. The molecule has 0 aliphatic carbocycles. The molecule has 0 unspecified atom stereocenters. The number of hydrazone groups is 1. The molecule has 4 heteroatoms. The molecule has 0 aliphatic rings. The fourth-order valence-corrected chi connectivity index (χ4v) is 2.60. The van der Waals surface area contributed by atoms with Crippen LogP contribution in [0.4, 0.5) is 0 Å². The normalized spacial score (nSPS) is 11.5. The van der Waals surface area contributed by atoms with E-state index in [0.29, 0.717) is 12.0 Å². The van der Waals surface area contributed by atoms with Crippen molar-refractivity contribution in [3.63, 3.8) is 0 Å². The van der Waals surface area contributed by atoms with Gasteiger partial charge in [0, 0.05) is 5.56 Å². The van der Waals surface area contributed by atoms with E-state index in [1.807, 2.05) is 43.3 Å². The largest absolute Gasteiger partial charge is 0.508 e. The second kappa shape index (κ2) is 6.96. The van der Waals surface area contributed by atoms with Crippen molar-refractivity contribution in [1.82, 2.24) is 5.43 Å². The van der Waals surface area contributed by atoms with Gasteiger partial charge in [-0.3, -0.25) is 4.79 Å². The monoisotopic (exact) mass is 318 g/mol. The number of nitrogens with one attached hydrogen (secondary N) is 1. The Morgan fingerprint density at radius 1 is 1.00 bits per heavy atom. The van der Waals surface area contributed by atoms with Crippen LogP contribution in [-0.2, 0) is 0 Å². The van der Waals surface area contributed by atoms with Gasteiger partial charge in [0.1, 0.15) is 5.75 Å². The zero-order valence-electron chi connectivity index (χ0n) is 13.4. The SMILES string of the molecule is CCC(=NNC(=O)c1cccc2ccccc12)c1ccc(O)cc1. The summed E-state index contributed by atoms with van der Waals surface area (Å²) in [6.07, 6.45) is 0.667. The second-order valence-corrected chi connectivity index (χ2v) is 5.43. The van der Waals surface area contributed by atoms with Gasteiger partial charge in [-0.1, -0.05) is 43.3 Å². The molecule has 24 heavy (non-hydrogen) atoms. The number of nitrogens with zero attached hydrogens (tertiary/aromatic N) is 1. The van der Waals surface area contributed by atoms with Crippen LogP contribution >= 0.6 is 0 Å². The van der Waals surface area contributed by atoms with Crippen LogP contribution in [-0.4, -0.2) is 16.7 Å². The van der Waals surface area contributed by atoms with Crippen molar-refractivity contribution in [3.05, 3.63) is 77.9 Å². The third-order valence-electron chi connectivity index (χ3n) is 3.86. The van der Waals surface area contributed by atoms with E-state index in [0.717, 1.165) is 22.0 Å². The van der Waals surface area contributed by atoms with Gasteiger partial charge in [-0.15, -0.1) is 0 Å². The first-order chi connectivity index (χ1) is 11.7. The maximum Gasteiger partial charge on any atom is 0.272 e. The first kappa shape index (κ1) is 15.7. The van der Waals surface area contributed by atoms with Crippen molar-refractivity contribution in [2.45, 2.75) is 13.3 Å². The summed E-state index contributed by atoms with van der Waals surface area (Å²) < 4.78 is 0. The Morgan fingerprint density at radius 3 is 2.46 bits per heavy atom. The molecule has 2 N–H and O–H groups in total. The Balaban J connectivity index is 1.86. The summed E-state index contributed by atoms with van der Waals surface area (Å²) >= 11 is 0. The molecular formula is C20H18N2O2. The van der Waals surface area contributed by atoms with Crippen LogP contribution in [0.1, 0.15) is 29.3 Å². The smallest absolute Gasteiger partial charge is 0.272 e. The van der Waals surface area contributed by atoms with Crippen molar-refractivity contribution in [1.29, 1.82) is 0 Å². The average molecular weight is 318 g/mol. The van der Waals surface area contributed by atoms with Crippen molar-refractivity contribution in [2.24, 2.45) is 5.10 Å². The molecule has 0 saturated carbocycles. The number of benzene rings is 3. The van der Waals surface area contributed by atoms with Gasteiger partial charge in [-0.25, -0.2) is 5.43 Å². The summed E-state index contributed by atoms with van der Waals surface area (Å²) in [7, 11) is 0. The topological polar surface area (TPSA) is 61.7 Å². The van der Waals surface area contributed by atoms with Crippen LogP contribution in [0.5, 0.6) is 5.75 Å². The van der Waals surface area contributed by atoms with Crippen molar-refractivity contribution in [3.8, 4) is 5.75 Å². The van der Waals surface area contributed by atoms with E-state index in [1.165, 1.54) is 0 Å². The molecule has 120 valence electrons. The molecule has 0 radical (unpaired) electrons. The predicted molar refractivity (Wildman–Crippen MR) is 96.3 cm³/mol. The lowest BCUT2D eigenvalue weighted by atomic mass is 10.0. The molecule has 0 spiro atoms. The lowest BCUT2D eigenvalue weighted by molar-refractivity contribution is 0.0956. The number of carbonyl (C=O) groups is 1. The Kier molecular flexibility index (Phi) is 4.57. The van der Waals surface area contributed by atoms with E-state index in [-0.39, 0.29) is 11.7 Å². The van der Waals surface area contributed by atoms with Crippen LogP contribution in [0.2, 0.25) is 0 Å². The quantitative estimate of drug-likeness (QED) is 0.562. The van der Waals surface area contributed by atoms with Crippen molar-refractivity contribution < 1.29 is 9.90 Å². The van der Waals surface area contributed by atoms with Crippen molar-refractivity contribution in [2.75, 3.05) is 0 Å². The summed E-state index contributed by atoms with van der Waals surface area (Å²) in [6.45, 7) is 1.97. The van der Waals surface area contributed by atoms with Crippen LogP contribution in [0.15, 0.2) is 71.8 Å². The Morgan fingerprint density at radius 2 is 1.71 bits per heavy atom. The van der Waals surface area contributed by atoms with Gasteiger partial charge in [-0.05, 0) is 53.1 Å². The standard InChI is InChI=1S/C20H18N2O2/c1-2-19(15-10-12-16(23)13-11-15)21-22-20(24)18-9-5-7-14-6-3-4-8-17(14)18/h3-13,23H,2H2,1H3,(H,22,24). The third kappa shape index (κ3) is 3.27. The average Bonchev–Trinajstić information content (AvgIpc) is 2.63. The van der Waals surface area contributed by atoms with E-state index in [2.05, 4.69) is 10.5 Å². The second-order valence-electron chi connectivity index (χ2n) is 5.43. The number of carbonyl (C=O) groups excluding carboxylic acids is 1. The molecule has 0 aromatic heterocycles. The molecule has 0 atom stereocenters. The van der Waals surface area contributed by atoms with Gasteiger partial charge in [-0.2, -0.15) is 5.10 Å². The highest BCUT2D eigenvalue weighted by Gasteiger charge is 2.09. The summed E-state index contributed by atoms with van der Waals surface area (Å²) in [5.41, 5.74) is 4.86. The molecule has 0 aliphatic heterocycles. The molecular weight excluding hydrogens is 300 g/mol. The first-order valence-electron chi connectivity index (χ1n) is 7.83. The number of hydrogen-bond acceptors (Lipinski definition) is 3. The molecule has 0 bridgehead atoms. The number of fused-ring (bicyclic) bond motifs is 1. The maximum absolute atomic E-state index is 12.5. The van der Waals surface area contributed by atoms with E-state index in [1.54, 1.807) is 30.3 Å². The fourth-order valence-electron chi connectivity index (χ4n) is 2.60. The van der Waals surface area contributed by atoms with E-state index >= 15 is 0 Å². The summed E-state index contributed by atoms with van der Waals surface area (Å²) in [5, 5.41) is 15.5. The molecule has 3 rings (SSSR count). The van der Waals surface area contributed by atoms with Gasteiger partial charge < -0.3 is 5.11 Å². The molecule has 0 fully saturated rings. The Bertz CT molecular complexity index is 894. The molecule has 0 heterocycles. The highest BCUT2D eigenvalue weighted by atomic mass is 16.3. The minimum absolute atomic E-state index is 0.203. The number of amides is 1. The zero-order valence-corrected chi connectivity index (χ0v) is 13.4. The number of rotatable bonds is 4. The van der Waals surface area contributed by atoms with Crippen LogP contribution in [0, 0.1) is 0 Å². The minimum atomic E-state index is -0.239. The van der Waals surface area contributed by atoms with Gasteiger partial charge in [0.25, 0.3) is 5.91 Å². The van der Waals surface area contributed by atoms with E-state index in [9.17, 15) is 9.90 Å². The number of phenols is 1. The van der Waals surface area contributed by atoms with E-state index < -0.39 is 0 Å². The summed E-state index contributed by atoms with van der Waals surface area (Å²) in [5.74, 6) is -0.0366. The Labute approximate surface area is 140 Å². The Hall–Kier alpha value is -3.14. The first-order valence-corrected chi connectivity index (χ1v) is 7.83. The number of hydrogen-bond donors (Lipinski definition) is 2. The van der Waals surface area contributed by atoms with Gasteiger partial charge in [0.05, 0.1) is 5.71 Å². The van der Waals surface area contributed by atoms with Crippen LogP contribution in [0.25, 0.3) is 10.8 Å².